The molecule has 0 amide bonds. The summed E-state index contributed by atoms with van der Waals surface area (Å²) in [5.74, 6) is 0.113. The third-order valence-corrected chi connectivity index (χ3v) is 4.05. The molecular formula is C18H14O5S. The van der Waals surface area contributed by atoms with E-state index < -0.39 is 5.97 Å². The van der Waals surface area contributed by atoms with E-state index >= 15 is 0 Å². The molecule has 0 saturated heterocycles. The van der Waals surface area contributed by atoms with Crippen molar-refractivity contribution in [3.8, 4) is 17.1 Å². The summed E-state index contributed by atoms with van der Waals surface area (Å²) >= 11 is 4.30. The molecule has 0 aliphatic heterocycles. The van der Waals surface area contributed by atoms with Crippen LogP contribution in [0.4, 0.5) is 0 Å². The smallest absolute Gasteiger partial charge is 0.341 e. The number of fused-ring (bicyclic) bond motifs is 1. The van der Waals surface area contributed by atoms with E-state index in [-0.39, 0.29) is 21.6 Å². The van der Waals surface area contributed by atoms with Gasteiger partial charge in [-0.05, 0) is 30.3 Å². The van der Waals surface area contributed by atoms with Crippen LogP contribution < -0.4 is 10.2 Å². The van der Waals surface area contributed by atoms with E-state index in [1.807, 2.05) is 0 Å². The second-order valence-corrected chi connectivity index (χ2v) is 5.46. The lowest BCUT2D eigenvalue weighted by Gasteiger charge is -2.10. The van der Waals surface area contributed by atoms with Crippen molar-refractivity contribution in [1.82, 2.24) is 0 Å². The predicted octanol–water partition coefficient (Wildman–Crippen LogP) is 3.54. The molecule has 5 nitrogen and oxygen atoms in total. The first-order chi connectivity index (χ1) is 11.6. The van der Waals surface area contributed by atoms with Crippen LogP contribution in [0.1, 0.15) is 10.4 Å². The summed E-state index contributed by atoms with van der Waals surface area (Å²) in [7, 11) is 2.75. The number of benzene rings is 2. The van der Waals surface area contributed by atoms with Crippen LogP contribution in [0, 0.1) is 0 Å². The number of para-hydroxylation sites is 1. The van der Waals surface area contributed by atoms with Crippen LogP contribution in [0.5, 0.6) is 5.75 Å². The van der Waals surface area contributed by atoms with Crippen molar-refractivity contribution in [2.75, 3.05) is 14.2 Å². The Kier molecular flexibility index (Phi) is 4.31. The number of carbonyl (C=O) groups excluding carboxylic acids is 1. The van der Waals surface area contributed by atoms with Crippen molar-refractivity contribution in [2.24, 2.45) is 0 Å². The van der Waals surface area contributed by atoms with E-state index in [9.17, 15) is 9.59 Å². The summed E-state index contributed by atoms with van der Waals surface area (Å²) in [6.07, 6.45) is 0. The van der Waals surface area contributed by atoms with Crippen molar-refractivity contribution >= 4 is 29.6 Å². The van der Waals surface area contributed by atoms with Crippen LogP contribution in [0.25, 0.3) is 22.3 Å². The normalized spacial score (nSPS) is 10.6. The lowest BCUT2D eigenvalue weighted by molar-refractivity contribution is 0.0597. The maximum atomic E-state index is 12.5. The number of hydrogen-bond acceptors (Lipinski definition) is 6. The number of ether oxygens (including phenoxy) is 2. The zero-order valence-electron chi connectivity index (χ0n) is 13.0. The monoisotopic (exact) mass is 342 g/mol. The standard InChI is InChI=1S/C18H14O5S/c1-21-13-8-7-10(9-12(13)18(20)22-2)16-17(24)15(19)11-5-3-4-6-14(11)23-16/h3-9,24H,1-2H3. The van der Waals surface area contributed by atoms with Crippen LogP contribution in [-0.2, 0) is 4.74 Å². The highest BCUT2D eigenvalue weighted by molar-refractivity contribution is 7.80. The average Bonchev–Trinajstić information content (AvgIpc) is 2.63. The quantitative estimate of drug-likeness (QED) is 0.582. The van der Waals surface area contributed by atoms with Crippen molar-refractivity contribution in [1.29, 1.82) is 0 Å². The summed E-state index contributed by atoms with van der Waals surface area (Å²) in [5.41, 5.74) is 0.987. The first kappa shape index (κ1) is 16.1. The minimum absolute atomic E-state index is 0.176. The molecule has 0 N–H and O–H groups in total. The van der Waals surface area contributed by atoms with Gasteiger partial charge < -0.3 is 13.9 Å². The number of esters is 1. The summed E-state index contributed by atoms with van der Waals surface area (Å²) in [6, 6.07) is 11.8. The molecule has 1 heterocycles. The molecule has 3 aromatic rings. The zero-order valence-corrected chi connectivity index (χ0v) is 13.9. The van der Waals surface area contributed by atoms with Crippen LogP contribution in [-0.4, -0.2) is 20.2 Å². The molecule has 1 aromatic heterocycles. The van der Waals surface area contributed by atoms with Crippen LogP contribution in [0.15, 0.2) is 56.6 Å². The SMILES string of the molecule is COC(=O)c1cc(-c2oc3ccccc3c(=O)c2S)ccc1OC. The average molecular weight is 342 g/mol. The van der Waals surface area contributed by atoms with Gasteiger partial charge in [0.2, 0.25) is 5.43 Å². The van der Waals surface area contributed by atoms with Gasteiger partial charge in [0.1, 0.15) is 16.9 Å². The second-order valence-electron chi connectivity index (χ2n) is 5.01. The summed E-state index contributed by atoms with van der Waals surface area (Å²) in [4.78, 5) is 24.6. The largest absolute Gasteiger partial charge is 0.496 e. The molecule has 0 aliphatic rings. The Hall–Kier alpha value is -2.73. The Morgan fingerprint density at radius 3 is 2.58 bits per heavy atom. The Labute approximate surface area is 143 Å². The Balaban J connectivity index is 2.26. The lowest BCUT2D eigenvalue weighted by atomic mass is 10.1. The van der Waals surface area contributed by atoms with E-state index in [1.165, 1.54) is 14.2 Å². The highest BCUT2D eigenvalue weighted by Crippen LogP contribution is 2.31. The van der Waals surface area contributed by atoms with E-state index in [1.54, 1.807) is 42.5 Å². The van der Waals surface area contributed by atoms with Crippen LogP contribution >= 0.6 is 12.6 Å². The number of carbonyl (C=O) groups is 1. The van der Waals surface area contributed by atoms with E-state index in [4.69, 9.17) is 13.9 Å². The second kappa shape index (κ2) is 6.41. The van der Waals surface area contributed by atoms with Crippen LogP contribution in [0.2, 0.25) is 0 Å². The van der Waals surface area contributed by atoms with Gasteiger partial charge in [0, 0.05) is 5.56 Å². The van der Waals surface area contributed by atoms with Crippen LogP contribution in [0.3, 0.4) is 0 Å². The fraction of sp³-hybridized carbons (Fsp3) is 0.111. The zero-order chi connectivity index (χ0) is 17.3. The molecule has 0 spiro atoms. The molecule has 2 aromatic carbocycles. The fourth-order valence-corrected chi connectivity index (χ4v) is 2.74. The van der Waals surface area contributed by atoms with Crippen molar-refractivity contribution < 1.29 is 18.7 Å². The van der Waals surface area contributed by atoms with Gasteiger partial charge in [0.25, 0.3) is 0 Å². The minimum atomic E-state index is -0.544. The fourth-order valence-electron chi connectivity index (χ4n) is 2.45. The van der Waals surface area contributed by atoms with Gasteiger partial charge in [-0.1, -0.05) is 12.1 Å². The molecule has 0 fully saturated rings. The Morgan fingerprint density at radius 1 is 1.12 bits per heavy atom. The molecular weight excluding hydrogens is 328 g/mol. The third-order valence-electron chi connectivity index (χ3n) is 3.64. The molecule has 24 heavy (non-hydrogen) atoms. The molecule has 122 valence electrons. The molecule has 6 heteroatoms. The first-order valence-electron chi connectivity index (χ1n) is 7.08. The van der Waals surface area contributed by atoms with Gasteiger partial charge in [0.05, 0.1) is 24.5 Å². The molecule has 0 bridgehead atoms. The van der Waals surface area contributed by atoms with Gasteiger partial charge in [-0.2, -0.15) is 0 Å². The topological polar surface area (TPSA) is 65.7 Å². The highest BCUT2D eigenvalue weighted by Gasteiger charge is 2.18. The van der Waals surface area contributed by atoms with E-state index in [2.05, 4.69) is 12.6 Å². The van der Waals surface area contributed by atoms with Crippen molar-refractivity contribution in [2.45, 2.75) is 4.90 Å². The van der Waals surface area contributed by atoms with Gasteiger partial charge in [-0.25, -0.2) is 4.79 Å². The van der Waals surface area contributed by atoms with Gasteiger partial charge >= 0.3 is 5.97 Å². The Morgan fingerprint density at radius 2 is 1.88 bits per heavy atom. The van der Waals surface area contributed by atoms with Crippen molar-refractivity contribution in [3.05, 3.63) is 58.3 Å². The molecule has 3 rings (SSSR count). The minimum Gasteiger partial charge on any atom is -0.496 e. The van der Waals surface area contributed by atoms with Crippen molar-refractivity contribution in [3.63, 3.8) is 0 Å². The van der Waals surface area contributed by atoms with Gasteiger partial charge in [0.15, 0.2) is 5.76 Å². The molecule has 0 aliphatic carbocycles. The molecule has 0 atom stereocenters. The summed E-state index contributed by atoms with van der Waals surface area (Å²) in [6.45, 7) is 0. The maximum Gasteiger partial charge on any atom is 0.341 e. The van der Waals surface area contributed by atoms with E-state index in [0.717, 1.165) is 0 Å². The lowest BCUT2D eigenvalue weighted by Crippen LogP contribution is -2.06. The summed E-state index contributed by atoms with van der Waals surface area (Å²) in [5, 5.41) is 0.452. The number of hydrogen-bond donors (Lipinski definition) is 1. The van der Waals surface area contributed by atoms with Gasteiger partial charge in [-0.15, -0.1) is 12.6 Å². The predicted molar refractivity (Wildman–Crippen MR) is 93.1 cm³/mol. The molecule has 0 unspecified atom stereocenters. The Bertz CT molecular complexity index is 990. The molecule has 0 saturated carbocycles. The number of methoxy groups -OCH3 is 2. The van der Waals surface area contributed by atoms with Gasteiger partial charge in [-0.3, -0.25) is 4.79 Å². The number of thiol groups is 1. The number of rotatable bonds is 3. The summed E-state index contributed by atoms with van der Waals surface area (Å²) < 4.78 is 15.8. The molecule has 0 radical (unpaired) electrons. The van der Waals surface area contributed by atoms with E-state index in [0.29, 0.717) is 22.3 Å². The highest BCUT2D eigenvalue weighted by atomic mass is 32.1. The maximum absolute atomic E-state index is 12.5. The first-order valence-corrected chi connectivity index (χ1v) is 7.53. The third kappa shape index (κ3) is 2.65.